The van der Waals surface area contributed by atoms with Crippen molar-refractivity contribution >= 4 is 11.7 Å². The van der Waals surface area contributed by atoms with Crippen molar-refractivity contribution in [3.8, 4) is 0 Å². The second-order valence-electron chi connectivity index (χ2n) is 5.90. The Kier molecular flexibility index (Phi) is 3.86. The summed E-state index contributed by atoms with van der Waals surface area (Å²) in [5, 5.41) is 0. The predicted molar refractivity (Wildman–Crippen MR) is 77.6 cm³/mol. The van der Waals surface area contributed by atoms with Gasteiger partial charge < -0.3 is 4.90 Å². The molecule has 106 valence electrons. The van der Waals surface area contributed by atoms with Gasteiger partial charge in [0.2, 0.25) is 5.91 Å². The molecule has 2 aliphatic rings. The van der Waals surface area contributed by atoms with Crippen molar-refractivity contribution in [1.82, 2.24) is 4.90 Å². The molecule has 1 unspecified atom stereocenters. The van der Waals surface area contributed by atoms with E-state index in [-0.39, 0.29) is 17.6 Å². The molecule has 0 saturated carbocycles. The van der Waals surface area contributed by atoms with Gasteiger partial charge in [0.05, 0.1) is 0 Å². The second-order valence-corrected chi connectivity index (χ2v) is 5.90. The van der Waals surface area contributed by atoms with E-state index in [1.54, 1.807) is 0 Å². The number of carbonyl (C=O) groups excluding carboxylic acids is 2. The molecule has 1 aromatic carbocycles. The molecular weight excluding hydrogens is 250 g/mol. The molecule has 1 heterocycles. The molecule has 0 N–H and O–H groups in total. The number of likely N-dealkylation sites (tertiary alicyclic amines) is 1. The van der Waals surface area contributed by atoms with Gasteiger partial charge in [0.15, 0.2) is 5.78 Å². The molecule has 1 fully saturated rings. The molecule has 0 spiro atoms. The Morgan fingerprint density at radius 3 is 2.70 bits per heavy atom. The summed E-state index contributed by atoms with van der Waals surface area (Å²) >= 11 is 0. The fourth-order valence-electron chi connectivity index (χ4n) is 3.34. The van der Waals surface area contributed by atoms with Crippen LogP contribution in [0.4, 0.5) is 0 Å². The van der Waals surface area contributed by atoms with Crippen LogP contribution in [-0.2, 0) is 11.2 Å². The number of aryl methyl sites for hydroxylation is 1. The molecule has 1 aliphatic heterocycles. The van der Waals surface area contributed by atoms with Crippen LogP contribution in [0, 0.1) is 5.92 Å². The Bertz CT molecular complexity index is 517. The third-order valence-electron chi connectivity index (χ3n) is 4.55. The standard InChI is InChI=1S/C17H21NO2/c19-16(18-10-4-1-5-11-18)12-14-9-8-13-6-2-3-7-15(13)17(14)20/h2-3,6-7,14H,1,4-5,8-12H2. The van der Waals surface area contributed by atoms with Crippen molar-refractivity contribution in [3.63, 3.8) is 0 Å². The van der Waals surface area contributed by atoms with Crippen LogP contribution in [0.5, 0.6) is 0 Å². The highest BCUT2D eigenvalue weighted by Gasteiger charge is 2.30. The maximum absolute atomic E-state index is 12.5. The lowest BCUT2D eigenvalue weighted by Gasteiger charge is -2.29. The van der Waals surface area contributed by atoms with E-state index in [0.29, 0.717) is 6.42 Å². The smallest absolute Gasteiger partial charge is 0.223 e. The fourth-order valence-corrected chi connectivity index (χ4v) is 3.34. The molecule has 1 aliphatic carbocycles. The molecule has 1 saturated heterocycles. The van der Waals surface area contributed by atoms with Crippen molar-refractivity contribution in [2.45, 2.75) is 38.5 Å². The highest BCUT2D eigenvalue weighted by atomic mass is 16.2. The summed E-state index contributed by atoms with van der Waals surface area (Å²) < 4.78 is 0. The van der Waals surface area contributed by atoms with Crippen LogP contribution in [-0.4, -0.2) is 29.7 Å². The lowest BCUT2D eigenvalue weighted by Crippen LogP contribution is -2.38. The number of rotatable bonds is 2. The van der Waals surface area contributed by atoms with Gasteiger partial charge in [-0.1, -0.05) is 24.3 Å². The summed E-state index contributed by atoms with van der Waals surface area (Å²) in [6.07, 6.45) is 5.56. The van der Waals surface area contributed by atoms with Gasteiger partial charge in [0.1, 0.15) is 0 Å². The summed E-state index contributed by atoms with van der Waals surface area (Å²) in [6.45, 7) is 1.74. The zero-order valence-electron chi connectivity index (χ0n) is 11.8. The summed E-state index contributed by atoms with van der Waals surface area (Å²) in [7, 11) is 0. The first kappa shape index (κ1) is 13.3. The zero-order chi connectivity index (χ0) is 13.9. The average molecular weight is 271 g/mol. The molecule has 1 atom stereocenters. The number of ketones is 1. The van der Waals surface area contributed by atoms with Crippen LogP contribution in [0.3, 0.4) is 0 Å². The van der Waals surface area contributed by atoms with Gasteiger partial charge in [-0.3, -0.25) is 9.59 Å². The predicted octanol–water partition coefficient (Wildman–Crippen LogP) is 2.83. The maximum Gasteiger partial charge on any atom is 0.223 e. The largest absolute Gasteiger partial charge is 0.343 e. The number of amides is 1. The summed E-state index contributed by atoms with van der Waals surface area (Å²) in [5.41, 5.74) is 1.97. The first-order valence-electron chi connectivity index (χ1n) is 7.65. The summed E-state index contributed by atoms with van der Waals surface area (Å²) in [5.74, 6) is 0.221. The minimum Gasteiger partial charge on any atom is -0.343 e. The van der Waals surface area contributed by atoms with Crippen LogP contribution in [0.15, 0.2) is 24.3 Å². The average Bonchev–Trinajstić information content (AvgIpc) is 2.51. The molecular formula is C17H21NO2. The Labute approximate surface area is 120 Å². The monoisotopic (exact) mass is 271 g/mol. The quantitative estimate of drug-likeness (QED) is 0.829. The molecule has 3 rings (SSSR count). The number of fused-ring (bicyclic) bond motifs is 1. The Morgan fingerprint density at radius 1 is 1.15 bits per heavy atom. The second kappa shape index (κ2) is 5.78. The highest BCUT2D eigenvalue weighted by molar-refractivity contribution is 6.01. The van der Waals surface area contributed by atoms with Crippen molar-refractivity contribution in [2.75, 3.05) is 13.1 Å². The normalized spacial score (nSPS) is 22.5. The number of piperidine rings is 1. The van der Waals surface area contributed by atoms with Gasteiger partial charge in [-0.15, -0.1) is 0 Å². The van der Waals surface area contributed by atoms with Crippen LogP contribution in [0.25, 0.3) is 0 Å². The van der Waals surface area contributed by atoms with E-state index in [1.807, 2.05) is 29.2 Å². The number of hydrogen-bond donors (Lipinski definition) is 0. The van der Waals surface area contributed by atoms with Crippen LogP contribution in [0.1, 0.15) is 48.0 Å². The van der Waals surface area contributed by atoms with Crippen molar-refractivity contribution < 1.29 is 9.59 Å². The molecule has 3 nitrogen and oxygen atoms in total. The number of benzene rings is 1. The van der Waals surface area contributed by atoms with Gasteiger partial charge in [-0.25, -0.2) is 0 Å². The Balaban J connectivity index is 1.67. The SMILES string of the molecule is O=C1c2ccccc2CCC1CC(=O)N1CCCCC1. The summed E-state index contributed by atoms with van der Waals surface area (Å²) in [6, 6.07) is 7.81. The Hall–Kier alpha value is -1.64. The van der Waals surface area contributed by atoms with Gasteiger partial charge in [0.25, 0.3) is 0 Å². The van der Waals surface area contributed by atoms with Crippen LogP contribution >= 0.6 is 0 Å². The van der Waals surface area contributed by atoms with Gasteiger partial charge in [-0.2, -0.15) is 0 Å². The van der Waals surface area contributed by atoms with E-state index in [4.69, 9.17) is 0 Å². The van der Waals surface area contributed by atoms with E-state index in [9.17, 15) is 9.59 Å². The number of Topliss-reactive ketones (excluding diaryl/α,β-unsaturated/α-hetero) is 1. The molecule has 3 heteroatoms. The number of hydrogen-bond acceptors (Lipinski definition) is 2. The fraction of sp³-hybridized carbons (Fsp3) is 0.529. The minimum absolute atomic E-state index is 0.112. The third kappa shape index (κ3) is 2.62. The third-order valence-corrected chi connectivity index (χ3v) is 4.55. The molecule has 1 aromatic rings. The molecule has 1 amide bonds. The zero-order valence-corrected chi connectivity index (χ0v) is 11.8. The molecule has 20 heavy (non-hydrogen) atoms. The first-order chi connectivity index (χ1) is 9.75. The highest BCUT2D eigenvalue weighted by Crippen LogP contribution is 2.28. The van der Waals surface area contributed by atoms with Gasteiger partial charge in [-0.05, 0) is 37.7 Å². The van der Waals surface area contributed by atoms with Crippen molar-refractivity contribution in [2.24, 2.45) is 5.92 Å². The number of nitrogens with zero attached hydrogens (tertiary/aromatic N) is 1. The van der Waals surface area contributed by atoms with Crippen molar-refractivity contribution in [1.29, 1.82) is 0 Å². The van der Waals surface area contributed by atoms with Crippen molar-refractivity contribution in [3.05, 3.63) is 35.4 Å². The lowest BCUT2D eigenvalue weighted by molar-refractivity contribution is -0.132. The van der Waals surface area contributed by atoms with Crippen LogP contribution in [0.2, 0.25) is 0 Å². The minimum atomic E-state index is -0.112. The maximum atomic E-state index is 12.5. The lowest BCUT2D eigenvalue weighted by atomic mass is 9.81. The first-order valence-corrected chi connectivity index (χ1v) is 7.65. The molecule has 0 bridgehead atoms. The van der Waals surface area contributed by atoms with Gasteiger partial charge >= 0.3 is 0 Å². The van der Waals surface area contributed by atoms with E-state index in [0.717, 1.165) is 49.9 Å². The summed E-state index contributed by atoms with van der Waals surface area (Å²) in [4.78, 5) is 26.7. The number of carbonyl (C=O) groups is 2. The molecule has 0 aromatic heterocycles. The van der Waals surface area contributed by atoms with Crippen LogP contribution < -0.4 is 0 Å². The van der Waals surface area contributed by atoms with E-state index >= 15 is 0 Å². The van der Waals surface area contributed by atoms with E-state index < -0.39 is 0 Å². The van der Waals surface area contributed by atoms with Gasteiger partial charge in [0, 0.05) is 31.0 Å². The van der Waals surface area contributed by atoms with E-state index in [2.05, 4.69) is 0 Å². The topological polar surface area (TPSA) is 37.4 Å². The van der Waals surface area contributed by atoms with E-state index in [1.165, 1.54) is 6.42 Å². The molecule has 0 radical (unpaired) electrons. The Morgan fingerprint density at radius 2 is 1.90 bits per heavy atom.